The maximum atomic E-state index is 13.6. The van der Waals surface area contributed by atoms with Crippen LogP contribution in [0.1, 0.15) is 23.1 Å². The smallest absolute Gasteiger partial charge is 0.264 e. The summed E-state index contributed by atoms with van der Waals surface area (Å²) in [6.45, 7) is 10.2. The van der Waals surface area contributed by atoms with Crippen molar-refractivity contribution in [2.75, 3.05) is 10.8 Å². The highest BCUT2D eigenvalue weighted by Crippen LogP contribution is 2.36. The topological polar surface area (TPSA) is 37.4 Å². The lowest BCUT2D eigenvalue weighted by Crippen LogP contribution is -2.32. The fourth-order valence-corrected chi connectivity index (χ4v) is 5.02. The highest BCUT2D eigenvalue weighted by Gasteiger charge is 2.27. The number of hydrogen-bond donors (Lipinski definition) is 0. The third-order valence-corrected chi connectivity index (χ3v) is 7.14. The molecule has 0 spiro atoms. The molecule has 0 unspecified atom stereocenters. The zero-order chi connectivity index (χ0) is 21.7. The van der Waals surface area contributed by atoms with Gasteiger partial charge in [-0.15, -0.1) is 6.58 Å². The maximum absolute atomic E-state index is 13.6. The van der Waals surface area contributed by atoms with Crippen molar-refractivity contribution in [2.45, 2.75) is 18.2 Å². The van der Waals surface area contributed by atoms with Gasteiger partial charge in [0.15, 0.2) is 0 Å². The molecule has 0 aliphatic heterocycles. The van der Waals surface area contributed by atoms with E-state index in [0.717, 1.165) is 26.7 Å². The first-order valence-electron chi connectivity index (χ1n) is 9.59. The Morgan fingerprint density at radius 2 is 1.70 bits per heavy atom. The predicted molar refractivity (Wildman–Crippen MR) is 129 cm³/mol. The Labute approximate surface area is 187 Å². The molecule has 30 heavy (non-hydrogen) atoms. The predicted octanol–water partition coefficient (Wildman–Crippen LogP) is 6.59. The lowest BCUT2D eigenvalue weighted by Gasteiger charge is -2.27. The molecule has 0 aliphatic rings. The Balaban J connectivity index is 2.17. The average molecular weight is 482 g/mol. The number of sulfonamides is 1. The number of nitrogens with zero attached hydrogens (tertiary/aromatic N) is 1. The van der Waals surface area contributed by atoms with Gasteiger partial charge < -0.3 is 0 Å². The van der Waals surface area contributed by atoms with E-state index in [9.17, 15) is 8.42 Å². The van der Waals surface area contributed by atoms with Crippen molar-refractivity contribution in [1.82, 2.24) is 0 Å². The Morgan fingerprint density at radius 3 is 2.33 bits per heavy atom. The van der Waals surface area contributed by atoms with E-state index in [2.05, 4.69) is 29.1 Å². The average Bonchev–Trinajstić information content (AvgIpc) is 2.74. The molecule has 0 bridgehead atoms. The van der Waals surface area contributed by atoms with Gasteiger partial charge in [-0.25, -0.2) is 8.42 Å². The molecule has 0 amide bonds. The second-order valence-corrected chi connectivity index (χ2v) is 9.75. The van der Waals surface area contributed by atoms with Gasteiger partial charge in [-0.05, 0) is 48.7 Å². The highest BCUT2D eigenvalue weighted by molar-refractivity contribution is 9.10. The minimum atomic E-state index is -3.77. The second-order valence-electron chi connectivity index (χ2n) is 6.97. The van der Waals surface area contributed by atoms with Gasteiger partial charge in [0.25, 0.3) is 10.0 Å². The summed E-state index contributed by atoms with van der Waals surface area (Å²) < 4.78 is 29.5. The van der Waals surface area contributed by atoms with E-state index >= 15 is 0 Å². The number of halogens is 1. The lowest BCUT2D eigenvalue weighted by atomic mass is 9.98. The van der Waals surface area contributed by atoms with Crippen LogP contribution in [-0.4, -0.2) is 15.0 Å². The fraction of sp³-hybridized carbons (Fsp3) is 0.120. The molecule has 3 aromatic rings. The molecule has 0 atom stereocenters. The van der Waals surface area contributed by atoms with Crippen LogP contribution >= 0.6 is 15.9 Å². The minimum Gasteiger partial charge on any atom is -0.265 e. The van der Waals surface area contributed by atoms with Gasteiger partial charge in [-0.2, -0.15) is 0 Å². The first kappa shape index (κ1) is 22.1. The summed E-state index contributed by atoms with van der Waals surface area (Å²) in [5.41, 5.74) is 4.07. The number of rotatable bonds is 8. The monoisotopic (exact) mass is 481 g/mol. The van der Waals surface area contributed by atoms with Crippen LogP contribution in [0, 0.1) is 6.92 Å². The normalized spacial score (nSPS) is 11.1. The second kappa shape index (κ2) is 9.45. The summed E-state index contributed by atoms with van der Waals surface area (Å²) >= 11 is 3.50. The molecular weight excluding hydrogens is 458 g/mol. The molecule has 0 fully saturated rings. The van der Waals surface area contributed by atoms with Crippen molar-refractivity contribution < 1.29 is 8.42 Å². The van der Waals surface area contributed by atoms with Gasteiger partial charge >= 0.3 is 0 Å². The van der Waals surface area contributed by atoms with Crippen LogP contribution in [0.15, 0.2) is 101 Å². The third kappa shape index (κ3) is 4.74. The van der Waals surface area contributed by atoms with E-state index in [-0.39, 0.29) is 11.4 Å². The Kier molecular flexibility index (Phi) is 6.95. The van der Waals surface area contributed by atoms with E-state index in [1.807, 2.05) is 67.6 Å². The molecule has 0 aliphatic carbocycles. The molecule has 3 rings (SSSR count). The third-order valence-electron chi connectivity index (χ3n) is 4.82. The van der Waals surface area contributed by atoms with Crippen LogP contribution in [0.5, 0.6) is 0 Å². The SMILES string of the molecule is C=CCCN(c1cc(Br)ccc1C(=C)c1ccccc1)S(=O)(=O)c1ccc(C)cc1. The molecule has 0 heterocycles. The minimum absolute atomic E-state index is 0.258. The molecule has 0 radical (unpaired) electrons. The van der Waals surface area contributed by atoms with E-state index in [4.69, 9.17) is 0 Å². The van der Waals surface area contributed by atoms with Crippen LogP contribution in [0.4, 0.5) is 5.69 Å². The van der Waals surface area contributed by atoms with Gasteiger partial charge in [0, 0.05) is 16.6 Å². The largest absolute Gasteiger partial charge is 0.265 e. The number of benzene rings is 3. The van der Waals surface area contributed by atoms with Crippen LogP contribution in [0.3, 0.4) is 0 Å². The number of anilines is 1. The molecular formula is C25H24BrNO2S. The maximum Gasteiger partial charge on any atom is 0.264 e. The van der Waals surface area contributed by atoms with Crippen LogP contribution < -0.4 is 4.31 Å². The van der Waals surface area contributed by atoms with Gasteiger partial charge in [-0.3, -0.25) is 4.31 Å². The van der Waals surface area contributed by atoms with E-state index in [0.29, 0.717) is 12.1 Å². The molecule has 154 valence electrons. The van der Waals surface area contributed by atoms with Gasteiger partial charge in [0.2, 0.25) is 0 Å². The summed E-state index contributed by atoms with van der Waals surface area (Å²) in [5.74, 6) is 0. The Morgan fingerprint density at radius 1 is 1.03 bits per heavy atom. The molecule has 5 heteroatoms. The van der Waals surface area contributed by atoms with Crippen LogP contribution in [-0.2, 0) is 10.0 Å². The highest BCUT2D eigenvalue weighted by atomic mass is 79.9. The molecule has 0 N–H and O–H groups in total. The zero-order valence-electron chi connectivity index (χ0n) is 16.9. The van der Waals surface area contributed by atoms with Crippen molar-refractivity contribution in [3.63, 3.8) is 0 Å². The summed E-state index contributed by atoms with van der Waals surface area (Å²) in [7, 11) is -3.77. The molecule has 0 aromatic heterocycles. The zero-order valence-corrected chi connectivity index (χ0v) is 19.3. The van der Waals surface area contributed by atoms with Crippen LogP contribution in [0.2, 0.25) is 0 Å². The van der Waals surface area contributed by atoms with Crippen LogP contribution in [0.25, 0.3) is 5.57 Å². The van der Waals surface area contributed by atoms with Crippen molar-refractivity contribution in [3.05, 3.63) is 113 Å². The molecule has 0 saturated carbocycles. The number of aryl methyl sites for hydroxylation is 1. The lowest BCUT2D eigenvalue weighted by molar-refractivity contribution is 0.591. The first-order valence-corrected chi connectivity index (χ1v) is 11.8. The molecule has 0 saturated heterocycles. The molecule has 3 aromatic carbocycles. The molecule has 3 nitrogen and oxygen atoms in total. The summed E-state index contributed by atoms with van der Waals surface area (Å²) in [5, 5.41) is 0. The summed E-state index contributed by atoms with van der Waals surface area (Å²) in [6, 6.07) is 22.3. The Hall–Kier alpha value is -2.63. The van der Waals surface area contributed by atoms with Crippen molar-refractivity contribution in [3.8, 4) is 0 Å². The number of hydrogen-bond acceptors (Lipinski definition) is 2. The standard InChI is InChI=1S/C25H24BrNO2S/c1-4-5-17-27(30(28,29)23-14-11-19(2)12-15-23)25-18-22(26)13-16-24(25)20(3)21-9-7-6-8-10-21/h4,6-16,18H,1,3,5,17H2,2H3. The quantitative estimate of drug-likeness (QED) is 0.340. The van der Waals surface area contributed by atoms with Gasteiger partial charge in [0.05, 0.1) is 10.6 Å². The van der Waals surface area contributed by atoms with E-state index in [1.165, 1.54) is 4.31 Å². The van der Waals surface area contributed by atoms with Gasteiger partial charge in [0.1, 0.15) is 0 Å². The first-order chi connectivity index (χ1) is 14.3. The van der Waals surface area contributed by atoms with E-state index < -0.39 is 10.0 Å². The van der Waals surface area contributed by atoms with Crippen molar-refractivity contribution >= 4 is 37.2 Å². The summed E-state index contributed by atoms with van der Waals surface area (Å²) in [6.07, 6.45) is 2.25. The van der Waals surface area contributed by atoms with Crippen molar-refractivity contribution in [1.29, 1.82) is 0 Å². The van der Waals surface area contributed by atoms with E-state index in [1.54, 1.807) is 18.2 Å². The van der Waals surface area contributed by atoms with Crippen molar-refractivity contribution in [2.24, 2.45) is 0 Å². The summed E-state index contributed by atoms with van der Waals surface area (Å²) in [4.78, 5) is 0.258. The Bertz CT molecular complexity index is 1150. The van der Waals surface area contributed by atoms with Gasteiger partial charge in [-0.1, -0.05) is 82.7 Å². The fourth-order valence-electron chi connectivity index (χ4n) is 3.18.